The predicted octanol–water partition coefficient (Wildman–Crippen LogP) is 3.76. The van der Waals surface area contributed by atoms with Gasteiger partial charge in [-0.25, -0.2) is 9.78 Å². The Labute approximate surface area is 161 Å². The topological polar surface area (TPSA) is 68.3 Å². The van der Waals surface area contributed by atoms with Crippen molar-refractivity contribution in [3.05, 3.63) is 81.9 Å². The van der Waals surface area contributed by atoms with E-state index < -0.39 is 12.1 Å². The van der Waals surface area contributed by atoms with Crippen LogP contribution in [-0.2, 0) is 22.4 Å². The molecule has 1 N–H and O–H groups in total. The highest BCUT2D eigenvalue weighted by Crippen LogP contribution is 2.25. The average molecular weight is 378 g/mol. The maximum atomic E-state index is 12.5. The number of fused-ring (bicyclic) bond motifs is 1. The van der Waals surface area contributed by atoms with Gasteiger partial charge in [-0.1, -0.05) is 48.0 Å². The third kappa shape index (κ3) is 3.90. The molecule has 1 aliphatic rings. The molecule has 6 heteroatoms. The summed E-state index contributed by atoms with van der Waals surface area (Å²) in [5.74, 6) is -0.806. The van der Waals surface area contributed by atoms with Gasteiger partial charge in [0.15, 0.2) is 11.2 Å². The summed E-state index contributed by atoms with van der Waals surface area (Å²) in [7, 11) is 0. The number of aryl methyl sites for hydroxylation is 1. The minimum atomic E-state index is -0.839. The van der Waals surface area contributed by atoms with Crippen LogP contribution in [0, 0.1) is 6.92 Å². The van der Waals surface area contributed by atoms with Crippen LogP contribution in [0.1, 0.15) is 31.9 Å². The Hall–Kier alpha value is -2.99. The van der Waals surface area contributed by atoms with Gasteiger partial charge >= 0.3 is 5.97 Å². The second kappa shape index (κ2) is 7.32. The molecule has 2 heterocycles. The van der Waals surface area contributed by atoms with Gasteiger partial charge in [-0.3, -0.25) is 10.1 Å². The van der Waals surface area contributed by atoms with Gasteiger partial charge in [0.1, 0.15) is 0 Å². The van der Waals surface area contributed by atoms with Gasteiger partial charge in [-0.15, -0.1) is 11.3 Å². The molecule has 0 aliphatic carbocycles. The van der Waals surface area contributed by atoms with Crippen LogP contribution in [0.2, 0.25) is 0 Å². The molecule has 0 saturated carbocycles. The summed E-state index contributed by atoms with van der Waals surface area (Å²) in [6.45, 7) is 1.92. The lowest BCUT2D eigenvalue weighted by Crippen LogP contribution is -2.38. The molecule has 1 atom stereocenters. The molecule has 0 spiro atoms. The van der Waals surface area contributed by atoms with Crippen LogP contribution in [-0.4, -0.2) is 23.0 Å². The van der Waals surface area contributed by atoms with Crippen molar-refractivity contribution in [2.24, 2.45) is 0 Å². The Morgan fingerprint density at radius 2 is 2.07 bits per heavy atom. The highest BCUT2D eigenvalue weighted by atomic mass is 32.1. The van der Waals surface area contributed by atoms with Crippen molar-refractivity contribution in [2.45, 2.75) is 25.9 Å². The molecule has 0 saturated heterocycles. The van der Waals surface area contributed by atoms with Gasteiger partial charge in [-0.2, -0.15) is 0 Å². The Kier molecular flexibility index (Phi) is 4.73. The van der Waals surface area contributed by atoms with E-state index in [1.54, 1.807) is 12.3 Å². The Morgan fingerprint density at radius 1 is 1.26 bits per heavy atom. The van der Waals surface area contributed by atoms with Crippen LogP contribution in [0.5, 0.6) is 0 Å². The van der Waals surface area contributed by atoms with Gasteiger partial charge in [-0.05, 0) is 24.1 Å². The monoisotopic (exact) mass is 378 g/mol. The van der Waals surface area contributed by atoms with Gasteiger partial charge in [0.25, 0.3) is 5.91 Å². The first-order valence-electron chi connectivity index (χ1n) is 8.68. The standard InChI is InChI=1S/C21H18N2O3S/c1-13-7-8-15-11-18(26-20(25)17(15)9-13)19(24)23-21-22-12-16(27-21)10-14-5-3-2-4-6-14/h2-9,12,18H,10-11H2,1H3,(H,22,23,24)/t18-/m0/s1. The lowest BCUT2D eigenvalue weighted by Gasteiger charge is -2.23. The number of anilines is 1. The normalized spacial score (nSPS) is 15.7. The summed E-state index contributed by atoms with van der Waals surface area (Å²) in [6, 6.07) is 15.7. The fourth-order valence-electron chi connectivity index (χ4n) is 3.07. The molecule has 0 bridgehead atoms. The summed E-state index contributed by atoms with van der Waals surface area (Å²) in [6.07, 6.45) is 2.06. The van der Waals surface area contributed by atoms with Gasteiger partial charge < -0.3 is 4.74 Å². The summed E-state index contributed by atoms with van der Waals surface area (Å²) < 4.78 is 5.33. The molecule has 0 fully saturated rings. The summed E-state index contributed by atoms with van der Waals surface area (Å²) in [4.78, 5) is 30.1. The van der Waals surface area contributed by atoms with E-state index in [0.29, 0.717) is 17.1 Å². The van der Waals surface area contributed by atoms with Crippen LogP contribution in [0.4, 0.5) is 5.13 Å². The predicted molar refractivity (Wildman–Crippen MR) is 104 cm³/mol. The molecule has 0 radical (unpaired) electrons. The first-order valence-corrected chi connectivity index (χ1v) is 9.50. The molecular formula is C21H18N2O3S. The smallest absolute Gasteiger partial charge is 0.339 e. The zero-order valence-electron chi connectivity index (χ0n) is 14.8. The quantitative estimate of drug-likeness (QED) is 0.702. The lowest BCUT2D eigenvalue weighted by molar-refractivity contribution is -0.125. The number of cyclic esters (lactones) is 1. The van der Waals surface area contributed by atoms with Crippen molar-refractivity contribution < 1.29 is 14.3 Å². The Bertz CT molecular complexity index is 998. The first kappa shape index (κ1) is 17.4. The van der Waals surface area contributed by atoms with Crippen LogP contribution in [0.3, 0.4) is 0 Å². The highest BCUT2D eigenvalue weighted by molar-refractivity contribution is 7.15. The van der Waals surface area contributed by atoms with E-state index in [-0.39, 0.29) is 5.91 Å². The number of rotatable bonds is 4. The third-order valence-corrected chi connectivity index (χ3v) is 5.35. The van der Waals surface area contributed by atoms with Crippen molar-refractivity contribution in [1.29, 1.82) is 0 Å². The van der Waals surface area contributed by atoms with E-state index in [9.17, 15) is 9.59 Å². The molecule has 2 aromatic carbocycles. The number of ether oxygens (including phenoxy) is 1. The summed E-state index contributed by atoms with van der Waals surface area (Å²) >= 11 is 1.42. The van der Waals surface area contributed by atoms with E-state index >= 15 is 0 Å². The second-order valence-corrected chi connectivity index (χ2v) is 7.66. The van der Waals surface area contributed by atoms with Crippen LogP contribution in [0.15, 0.2) is 54.7 Å². The zero-order valence-corrected chi connectivity index (χ0v) is 15.6. The van der Waals surface area contributed by atoms with Gasteiger partial charge in [0, 0.05) is 23.9 Å². The molecule has 3 aromatic rings. The molecule has 27 heavy (non-hydrogen) atoms. The molecule has 1 aliphatic heterocycles. The molecular weight excluding hydrogens is 360 g/mol. The average Bonchev–Trinajstić information content (AvgIpc) is 3.09. The number of nitrogens with zero attached hydrogens (tertiary/aromatic N) is 1. The number of thiazole rings is 1. The van der Waals surface area contributed by atoms with E-state index in [2.05, 4.69) is 22.4 Å². The van der Waals surface area contributed by atoms with Crippen LogP contribution >= 0.6 is 11.3 Å². The van der Waals surface area contributed by atoms with Gasteiger partial charge in [0.05, 0.1) is 5.56 Å². The van der Waals surface area contributed by atoms with Crippen molar-refractivity contribution in [2.75, 3.05) is 5.32 Å². The van der Waals surface area contributed by atoms with Crippen molar-refractivity contribution >= 4 is 28.3 Å². The summed E-state index contributed by atoms with van der Waals surface area (Å²) in [5, 5.41) is 3.28. The molecule has 136 valence electrons. The number of nitrogens with one attached hydrogen (secondary N) is 1. The molecule has 4 rings (SSSR count). The van der Waals surface area contributed by atoms with E-state index in [1.165, 1.54) is 16.9 Å². The van der Waals surface area contributed by atoms with Crippen molar-refractivity contribution in [3.63, 3.8) is 0 Å². The fourth-order valence-corrected chi connectivity index (χ4v) is 3.92. The second-order valence-electron chi connectivity index (χ2n) is 6.54. The number of amides is 1. The first-order chi connectivity index (χ1) is 13.1. The van der Waals surface area contributed by atoms with Crippen LogP contribution < -0.4 is 5.32 Å². The maximum absolute atomic E-state index is 12.5. The number of hydrogen-bond donors (Lipinski definition) is 1. The lowest BCUT2D eigenvalue weighted by atomic mass is 9.96. The molecule has 5 nitrogen and oxygen atoms in total. The Balaban J connectivity index is 1.42. The third-order valence-electron chi connectivity index (χ3n) is 4.44. The van der Waals surface area contributed by atoms with Crippen molar-refractivity contribution in [1.82, 2.24) is 4.98 Å². The fraction of sp³-hybridized carbons (Fsp3) is 0.190. The minimum absolute atomic E-state index is 0.352. The summed E-state index contributed by atoms with van der Waals surface area (Å²) in [5.41, 5.74) is 3.55. The SMILES string of the molecule is Cc1ccc2c(c1)C(=O)O[C@H](C(=O)Nc1ncc(Cc3ccccc3)s1)C2. The number of esters is 1. The number of aromatic nitrogens is 1. The zero-order chi connectivity index (χ0) is 18.8. The highest BCUT2D eigenvalue weighted by Gasteiger charge is 2.31. The molecule has 1 aromatic heterocycles. The van der Waals surface area contributed by atoms with E-state index in [0.717, 1.165) is 22.4 Å². The minimum Gasteiger partial charge on any atom is -0.448 e. The number of hydrogen-bond acceptors (Lipinski definition) is 5. The number of carbonyl (C=O) groups excluding carboxylic acids is 2. The largest absolute Gasteiger partial charge is 0.448 e. The number of benzene rings is 2. The van der Waals surface area contributed by atoms with Crippen molar-refractivity contribution in [3.8, 4) is 0 Å². The Morgan fingerprint density at radius 3 is 2.89 bits per heavy atom. The maximum Gasteiger partial charge on any atom is 0.339 e. The molecule has 0 unspecified atom stereocenters. The van der Waals surface area contributed by atoms with E-state index in [4.69, 9.17) is 4.74 Å². The van der Waals surface area contributed by atoms with Gasteiger partial charge in [0.2, 0.25) is 0 Å². The molecule has 1 amide bonds. The van der Waals surface area contributed by atoms with Crippen LogP contribution in [0.25, 0.3) is 0 Å². The number of carbonyl (C=O) groups is 2. The van der Waals surface area contributed by atoms with E-state index in [1.807, 2.05) is 37.3 Å².